The fourth-order valence-corrected chi connectivity index (χ4v) is 14.3. The van der Waals surface area contributed by atoms with E-state index >= 15 is 0 Å². The lowest BCUT2D eigenvalue weighted by Gasteiger charge is -2.45. The van der Waals surface area contributed by atoms with Crippen molar-refractivity contribution >= 4 is 120 Å². The molecule has 2 aromatic heterocycles. The van der Waals surface area contributed by atoms with Crippen LogP contribution >= 0.6 is 22.7 Å². The molecule has 0 N–H and O–H groups in total. The van der Waals surface area contributed by atoms with E-state index in [1.807, 2.05) is 22.7 Å². The lowest BCUT2D eigenvalue weighted by Crippen LogP contribution is -2.61. The Bertz CT molecular complexity index is 4000. The van der Waals surface area contributed by atoms with Crippen molar-refractivity contribution in [3.8, 4) is 44.5 Å². The molecule has 0 radical (unpaired) electrons. The van der Waals surface area contributed by atoms with Gasteiger partial charge in [-0.05, 0) is 98.3 Å². The summed E-state index contributed by atoms with van der Waals surface area (Å²) >= 11 is 3.79. The molecular formula is C66H41BN2S2. The van der Waals surface area contributed by atoms with Crippen LogP contribution in [0.15, 0.2) is 249 Å². The minimum Gasteiger partial charge on any atom is -0.311 e. The first-order valence-electron chi connectivity index (χ1n) is 24.4. The van der Waals surface area contributed by atoms with Crippen molar-refractivity contribution in [2.45, 2.75) is 0 Å². The molecule has 0 fully saturated rings. The molecule has 71 heavy (non-hydrogen) atoms. The van der Waals surface area contributed by atoms with E-state index in [-0.39, 0.29) is 6.71 Å². The summed E-state index contributed by atoms with van der Waals surface area (Å²) in [7, 11) is 0. The minimum atomic E-state index is -0.0465. The van der Waals surface area contributed by atoms with Crippen molar-refractivity contribution < 1.29 is 0 Å². The van der Waals surface area contributed by atoms with Crippen LogP contribution in [0.5, 0.6) is 0 Å². The fraction of sp³-hybridized carbons (Fsp3) is 0. The number of benzene rings is 11. The first-order valence-corrected chi connectivity index (χ1v) is 26.0. The number of nitrogens with zero attached hydrogens (tertiary/aromatic N) is 2. The van der Waals surface area contributed by atoms with Gasteiger partial charge in [-0.1, -0.05) is 200 Å². The van der Waals surface area contributed by atoms with Gasteiger partial charge in [-0.3, -0.25) is 0 Å². The third-order valence-corrected chi connectivity index (χ3v) is 17.3. The van der Waals surface area contributed by atoms with E-state index in [4.69, 9.17) is 0 Å². The molecule has 0 saturated heterocycles. The van der Waals surface area contributed by atoms with Crippen LogP contribution in [0.1, 0.15) is 0 Å². The van der Waals surface area contributed by atoms with E-state index in [0.717, 1.165) is 11.4 Å². The normalized spacial score (nSPS) is 12.7. The van der Waals surface area contributed by atoms with Crippen LogP contribution < -0.4 is 26.2 Å². The molecule has 0 spiro atoms. The van der Waals surface area contributed by atoms with Crippen molar-refractivity contribution in [1.82, 2.24) is 0 Å². The molecule has 0 atom stereocenters. The van der Waals surface area contributed by atoms with Gasteiger partial charge in [-0.25, -0.2) is 0 Å². The molecule has 0 aliphatic carbocycles. The molecule has 0 amide bonds. The summed E-state index contributed by atoms with van der Waals surface area (Å²) in [5, 5.41) is 5.24. The van der Waals surface area contributed by atoms with Gasteiger partial charge in [0.2, 0.25) is 0 Å². The van der Waals surface area contributed by atoms with Crippen LogP contribution in [0.2, 0.25) is 0 Å². The third-order valence-electron chi connectivity index (χ3n) is 14.9. The predicted octanol–water partition coefficient (Wildman–Crippen LogP) is 17.2. The van der Waals surface area contributed by atoms with Crippen LogP contribution in [0.25, 0.3) is 84.9 Å². The van der Waals surface area contributed by atoms with E-state index < -0.39 is 0 Å². The molecule has 5 heteroatoms. The molecule has 0 unspecified atom stereocenters. The van der Waals surface area contributed by atoms with Crippen molar-refractivity contribution in [2.24, 2.45) is 0 Å². The molecular weight excluding hydrogens is 896 g/mol. The molecule has 13 aromatic rings. The molecule has 0 bridgehead atoms. The zero-order chi connectivity index (χ0) is 46.6. The maximum Gasteiger partial charge on any atom is 0.252 e. The van der Waals surface area contributed by atoms with Gasteiger partial charge < -0.3 is 9.80 Å². The van der Waals surface area contributed by atoms with Crippen molar-refractivity contribution in [1.29, 1.82) is 0 Å². The van der Waals surface area contributed by atoms with Crippen LogP contribution in [0.4, 0.5) is 34.1 Å². The average Bonchev–Trinajstić information content (AvgIpc) is 4.02. The zero-order valence-electron chi connectivity index (χ0n) is 38.5. The van der Waals surface area contributed by atoms with E-state index in [0.29, 0.717) is 0 Å². The van der Waals surface area contributed by atoms with Gasteiger partial charge in [0.05, 0.1) is 11.4 Å². The van der Waals surface area contributed by atoms with Gasteiger partial charge in [0.1, 0.15) is 0 Å². The standard InChI is InChI=1S/C66H41BN2S2/c1-3-18-42(19-4-1)46-22-7-11-30-56(46)68-58-32-17-33-59-64(58)67(54-38-36-44(40-60(54)68)48-26-15-28-52-50-24-9-13-34-62(50)70-65(48)52)55-39-37-45(49-27-16-29-53-51-25-10-14-35-63(51)71-66(49)53)41-61(55)69(59)57-31-12-8-23-47(57)43-20-5-2-6-21-43/h1-41H. The Morgan fingerprint density at radius 1 is 0.268 bits per heavy atom. The summed E-state index contributed by atoms with van der Waals surface area (Å²) in [6.45, 7) is -0.0465. The van der Waals surface area contributed by atoms with Crippen LogP contribution in [-0.4, -0.2) is 6.71 Å². The van der Waals surface area contributed by atoms with Crippen molar-refractivity contribution in [3.63, 3.8) is 0 Å². The van der Waals surface area contributed by atoms with E-state index in [9.17, 15) is 0 Å². The van der Waals surface area contributed by atoms with E-state index in [1.54, 1.807) is 0 Å². The second-order valence-corrected chi connectivity index (χ2v) is 20.8. The summed E-state index contributed by atoms with van der Waals surface area (Å²) in [6.07, 6.45) is 0. The monoisotopic (exact) mass is 936 g/mol. The van der Waals surface area contributed by atoms with Crippen LogP contribution in [0.3, 0.4) is 0 Å². The molecule has 0 saturated carbocycles. The summed E-state index contributed by atoms with van der Waals surface area (Å²) in [4.78, 5) is 5.15. The lowest BCUT2D eigenvalue weighted by atomic mass is 9.33. The number of fused-ring (bicyclic) bond motifs is 10. The zero-order valence-corrected chi connectivity index (χ0v) is 40.1. The van der Waals surface area contributed by atoms with Gasteiger partial charge in [0, 0.05) is 74.2 Å². The summed E-state index contributed by atoms with van der Waals surface area (Å²) in [6, 6.07) is 92.6. The highest BCUT2D eigenvalue weighted by atomic mass is 32.1. The molecule has 2 aliphatic rings. The Balaban J connectivity index is 1.02. The van der Waals surface area contributed by atoms with E-state index in [1.165, 1.54) is 124 Å². The van der Waals surface area contributed by atoms with Gasteiger partial charge >= 0.3 is 0 Å². The quantitative estimate of drug-likeness (QED) is 0.153. The number of thiophene rings is 2. The topological polar surface area (TPSA) is 6.48 Å². The average molecular weight is 937 g/mol. The molecule has 2 aliphatic heterocycles. The summed E-state index contributed by atoms with van der Waals surface area (Å²) in [5.74, 6) is 0. The molecule has 15 rings (SSSR count). The first kappa shape index (κ1) is 40.4. The third kappa shape index (κ3) is 6.20. The van der Waals surface area contributed by atoms with Crippen LogP contribution in [-0.2, 0) is 0 Å². The maximum atomic E-state index is 2.57. The highest BCUT2D eigenvalue weighted by Crippen LogP contribution is 2.50. The molecule has 11 aromatic carbocycles. The predicted molar refractivity (Wildman–Crippen MR) is 308 cm³/mol. The van der Waals surface area contributed by atoms with Crippen molar-refractivity contribution in [3.05, 3.63) is 249 Å². The smallest absolute Gasteiger partial charge is 0.252 e. The number of anilines is 6. The number of hydrogen-bond donors (Lipinski definition) is 0. The van der Waals surface area contributed by atoms with Gasteiger partial charge in [0.25, 0.3) is 6.71 Å². The lowest BCUT2D eigenvalue weighted by molar-refractivity contribution is 1.25. The number of rotatable bonds is 6. The fourth-order valence-electron chi connectivity index (χ4n) is 11.8. The second-order valence-electron chi connectivity index (χ2n) is 18.7. The van der Waals surface area contributed by atoms with Gasteiger partial charge in [-0.2, -0.15) is 0 Å². The molecule has 330 valence electrons. The Hall–Kier alpha value is -8.48. The number of hydrogen-bond acceptors (Lipinski definition) is 4. The Labute approximate surface area is 420 Å². The highest BCUT2D eigenvalue weighted by molar-refractivity contribution is 7.26. The Kier molecular flexibility index (Phi) is 9.13. The molecule has 4 heterocycles. The van der Waals surface area contributed by atoms with Crippen LogP contribution in [0, 0.1) is 0 Å². The maximum absolute atomic E-state index is 2.57. The second kappa shape index (κ2) is 16.0. The minimum absolute atomic E-state index is 0.0465. The highest BCUT2D eigenvalue weighted by Gasteiger charge is 2.44. The van der Waals surface area contributed by atoms with Gasteiger partial charge in [-0.15, -0.1) is 22.7 Å². The van der Waals surface area contributed by atoms with Crippen molar-refractivity contribution in [2.75, 3.05) is 9.80 Å². The summed E-state index contributed by atoms with van der Waals surface area (Å²) in [5.41, 5.74) is 20.6. The summed E-state index contributed by atoms with van der Waals surface area (Å²) < 4.78 is 5.27. The largest absolute Gasteiger partial charge is 0.311 e. The Morgan fingerprint density at radius 2 is 0.648 bits per heavy atom. The first-order chi connectivity index (χ1) is 35.2. The van der Waals surface area contributed by atoms with Gasteiger partial charge in [0.15, 0.2) is 0 Å². The number of para-hydroxylation sites is 2. The Morgan fingerprint density at radius 3 is 1.14 bits per heavy atom. The molecule has 2 nitrogen and oxygen atoms in total. The van der Waals surface area contributed by atoms with E-state index in [2.05, 4.69) is 259 Å². The SMILES string of the molecule is c1ccc(-c2ccccc2N2c3cc(-c4cccc5c4sc4ccccc45)ccc3B3c4ccc(-c5cccc6c5sc5ccccc56)cc4N(c4ccccc4-c4ccccc4)c4cccc2c43)cc1.